The second kappa shape index (κ2) is 5.54. The Hall–Kier alpha value is -1.66. The Bertz CT molecular complexity index is 522. The number of halogens is 2. The minimum absolute atomic E-state index is 0.101. The summed E-state index contributed by atoms with van der Waals surface area (Å²) >= 11 is 5.61. The van der Waals surface area contributed by atoms with Crippen molar-refractivity contribution in [3.05, 3.63) is 34.6 Å². The van der Waals surface area contributed by atoms with Crippen LogP contribution in [0.3, 0.4) is 0 Å². The maximum absolute atomic E-state index is 13.7. The highest BCUT2D eigenvalue weighted by Gasteiger charge is 2.34. The lowest BCUT2D eigenvalue weighted by molar-refractivity contribution is -0.147. The van der Waals surface area contributed by atoms with E-state index in [4.69, 9.17) is 21.4 Å². The number of rotatable bonds is 2. The second-order valence-electron chi connectivity index (χ2n) is 4.05. The van der Waals surface area contributed by atoms with Crippen molar-refractivity contribution in [3.63, 3.8) is 0 Å². The summed E-state index contributed by atoms with van der Waals surface area (Å²) in [5, 5.41) is 9.20. The van der Waals surface area contributed by atoms with Crippen molar-refractivity contribution in [1.29, 1.82) is 0 Å². The molecule has 5 nitrogen and oxygen atoms in total. The first-order chi connectivity index (χ1) is 9.00. The first-order valence-electron chi connectivity index (χ1n) is 5.57. The summed E-state index contributed by atoms with van der Waals surface area (Å²) < 4.78 is 18.7. The summed E-state index contributed by atoms with van der Waals surface area (Å²) in [6.07, 6.45) is 0. The van der Waals surface area contributed by atoms with Gasteiger partial charge in [-0.25, -0.2) is 9.18 Å². The molecule has 102 valence electrons. The van der Waals surface area contributed by atoms with Crippen LogP contribution in [0.15, 0.2) is 18.2 Å². The summed E-state index contributed by atoms with van der Waals surface area (Å²) in [6.45, 7) is 0.235. The molecule has 0 unspecified atom stereocenters. The third-order valence-electron chi connectivity index (χ3n) is 2.84. The molecule has 1 heterocycles. The van der Waals surface area contributed by atoms with Crippen LogP contribution in [-0.2, 0) is 9.53 Å². The lowest BCUT2D eigenvalue weighted by Crippen LogP contribution is -2.52. The van der Waals surface area contributed by atoms with Crippen LogP contribution in [0.1, 0.15) is 10.4 Å². The monoisotopic (exact) mass is 287 g/mol. The number of morpholine rings is 1. The number of benzene rings is 1. The zero-order chi connectivity index (χ0) is 14.0. The first-order valence-corrected chi connectivity index (χ1v) is 5.95. The SMILES string of the molecule is O=C(O)[C@@H]1COCCN1C(=O)c1ccc(Cl)cc1F. The molecular weight excluding hydrogens is 277 g/mol. The van der Waals surface area contributed by atoms with Gasteiger partial charge in [-0.15, -0.1) is 0 Å². The van der Waals surface area contributed by atoms with E-state index in [-0.39, 0.29) is 30.3 Å². The molecule has 0 spiro atoms. The number of ether oxygens (including phenoxy) is 1. The van der Waals surface area contributed by atoms with Crippen LogP contribution < -0.4 is 0 Å². The number of carbonyl (C=O) groups excluding carboxylic acids is 1. The standard InChI is InChI=1S/C12H11ClFNO4/c13-7-1-2-8(9(14)5-7)11(16)15-3-4-19-6-10(15)12(17)18/h1-2,5,10H,3-4,6H2,(H,17,18)/t10-/m0/s1. The van der Waals surface area contributed by atoms with Crippen molar-refractivity contribution < 1.29 is 23.8 Å². The summed E-state index contributed by atoms with van der Waals surface area (Å²) in [7, 11) is 0. The van der Waals surface area contributed by atoms with Gasteiger partial charge in [0.1, 0.15) is 5.82 Å². The molecule has 0 aliphatic carbocycles. The Morgan fingerprint density at radius 3 is 2.84 bits per heavy atom. The summed E-state index contributed by atoms with van der Waals surface area (Å²) in [5.74, 6) is -2.62. The molecule has 1 fully saturated rings. The molecule has 2 rings (SSSR count). The maximum atomic E-state index is 13.7. The van der Waals surface area contributed by atoms with Gasteiger partial charge < -0.3 is 14.7 Å². The van der Waals surface area contributed by atoms with E-state index < -0.39 is 23.7 Å². The van der Waals surface area contributed by atoms with Crippen molar-refractivity contribution in [2.45, 2.75) is 6.04 Å². The number of carboxylic acids is 1. The van der Waals surface area contributed by atoms with Crippen LogP contribution in [0.5, 0.6) is 0 Å². The zero-order valence-corrected chi connectivity index (χ0v) is 10.6. The molecule has 0 aromatic heterocycles. The highest BCUT2D eigenvalue weighted by atomic mass is 35.5. The Labute approximate surface area is 113 Å². The lowest BCUT2D eigenvalue weighted by atomic mass is 10.1. The number of nitrogens with zero attached hydrogens (tertiary/aromatic N) is 1. The average molecular weight is 288 g/mol. The zero-order valence-electron chi connectivity index (χ0n) is 9.81. The molecule has 1 amide bonds. The van der Waals surface area contributed by atoms with E-state index >= 15 is 0 Å². The molecule has 0 saturated carbocycles. The summed E-state index contributed by atoms with van der Waals surface area (Å²) in [5.41, 5.74) is -0.197. The third-order valence-corrected chi connectivity index (χ3v) is 3.07. The molecule has 1 atom stereocenters. The van der Waals surface area contributed by atoms with E-state index in [1.807, 2.05) is 0 Å². The van der Waals surface area contributed by atoms with Crippen LogP contribution in [0.4, 0.5) is 4.39 Å². The molecule has 7 heteroatoms. The number of hydrogen-bond acceptors (Lipinski definition) is 3. The molecule has 1 aromatic carbocycles. The third kappa shape index (κ3) is 2.85. The van der Waals surface area contributed by atoms with Gasteiger partial charge in [-0.1, -0.05) is 11.6 Å². The minimum atomic E-state index is -1.18. The van der Waals surface area contributed by atoms with E-state index in [2.05, 4.69) is 0 Å². The van der Waals surface area contributed by atoms with Gasteiger partial charge in [0, 0.05) is 11.6 Å². The smallest absolute Gasteiger partial charge is 0.328 e. The molecule has 19 heavy (non-hydrogen) atoms. The molecule has 0 bridgehead atoms. The van der Waals surface area contributed by atoms with Crippen molar-refractivity contribution in [3.8, 4) is 0 Å². The van der Waals surface area contributed by atoms with E-state index in [9.17, 15) is 14.0 Å². The molecule has 0 radical (unpaired) electrons. The highest BCUT2D eigenvalue weighted by Crippen LogP contribution is 2.18. The van der Waals surface area contributed by atoms with Crippen LogP contribution in [0, 0.1) is 5.82 Å². The van der Waals surface area contributed by atoms with Crippen LogP contribution in [0.2, 0.25) is 5.02 Å². The van der Waals surface area contributed by atoms with Crippen molar-refractivity contribution >= 4 is 23.5 Å². The minimum Gasteiger partial charge on any atom is -0.480 e. The van der Waals surface area contributed by atoms with Crippen LogP contribution >= 0.6 is 11.6 Å². The van der Waals surface area contributed by atoms with Crippen LogP contribution in [0.25, 0.3) is 0 Å². The van der Waals surface area contributed by atoms with E-state index in [0.29, 0.717) is 0 Å². The first kappa shape index (κ1) is 13.8. The molecule has 1 aliphatic heterocycles. The van der Waals surface area contributed by atoms with Crippen LogP contribution in [-0.4, -0.2) is 47.7 Å². The van der Waals surface area contributed by atoms with Gasteiger partial charge in [0.25, 0.3) is 5.91 Å². The fourth-order valence-corrected chi connectivity index (χ4v) is 2.03. The lowest BCUT2D eigenvalue weighted by Gasteiger charge is -2.32. The number of aliphatic carboxylic acids is 1. The summed E-state index contributed by atoms with van der Waals surface area (Å²) in [4.78, 5) is 24.3. The molecule has 1 N–H and O–H groups in total. The van der Waals surface area contributed by atoms with Crippen molar-refractivity contribution in [2.24, 2.45) is 0 Å². The molecule has 1 aromatic rings. The molecule has 1 aliphatic rings. The Balaban J connectivity index is 2.28. The Morgan fingerprint density at radius 1 is 1.47 bits per heavy atom. The van der Waals surface area contributed by atoms with Gasteiger partial charge in [-0.3, -0.25) is 4.79 Å². The van der Waals surface area contributed by atoms with E-state index in [0.717, 1.165) is 11.0 Å². The Morgan fingerprint density at radius 2 is 2.21 bits per heavy atom. The van der Waals surface area contributed by atoms with Gasteiger partial charge in [-0.2, -0.15) is 0 Å². The molecule has 1 saturated heterocycles. The van der Waals surface area contributed by atoms with Gasteiger partial charge >= 0.3 is 5.97 Å². The normalized spacial score (nSPS) is 19.3. The molecular formula is C12H11ClFNO4. The number of carboxylic acid groups (broad SMARTS) is 1. The van der Waals surface area contributed by atoms with E-state index in [1.54, 1.807) is 0 Å². The highest BCUT2D eigenvalue weighted by molar-refractivity contribution is 6.30. The quantitative estimate of drug-likeness (QED) is 0.893. The number of carbonyl (C=O) groups is 2. The van der Waals surface area contributed by atoms with Crippen molar-refractivity contribution in [2.75, 3.05) is 19.8 Å². The fourth-order valence-electron chi connectivity index (χ4n) is 1.87. The van der Waals surface area contributed by atoms with Gasteiger partial charge in [-0.05, 0) is 18.2 Å². The van der Waals surface area contributed by atoms with Gasteiger partial charge in [0.05, 0.1) is 18.8 Å². The van der Waals surface area contributed by atoms with Gasteiger partial charge in [0.2, 0.25) is 0 Å². The topological polar surface area (TPSA) is 66.8 Å². The Kier molecular flexibility index (Phi) is 4.01. The van der Waals surface area contributed by atoms with Crippen molar-refractivity contribution in [1.82, 2.24) is 4.90 Å². The number of amides is 1. The predicted molar refractivity (Wildman–Crippen MR) is 64.7 cm³/mol. The maximum Gasteiger partial charge on any atom is 0.328 e. The number of hydrogen-bond donors (Lipinski definition) is 1. The second-order valence-corrected chi connectivity index (χ2v) is 4.49. The van der Waals surface area contributed by atoms with Gasteiger partial charge in [0.15, 0.2) is 6.04 Å². The largest absolute Gasteiger partial charge is 0.480 e. The van der Waals surface area contributed by atoms with E-state index in [1.165, 1.54) is 12.1 Å². The predicted octanol–water partition coefficient (Wildman–Crippen LogP) is 1.40. The summed E-state index contributed by atoms with van der Waals surface area (Å²) in [6, 6.07) is 2.55. The average Bonchev–Trinajstić information content (AvgIpc) is 2.38. The fraction of sp³-hybridized carbons (Fsp3) is 0.333.